The highest BCUT2D eigenvalue weighted by molar-refractivity contribution is 5.98. The fourth-order valence-electron chi connectivity index (χ4n) is 5.02. The number of Topliss-reactive ketones (excluding diaryl/α,β-unsaturated/α-hetero) is 1. The maximum atomic E-state index is 12.9. The van der Waals surface area contributed by atoms with Crippen molar-refractivity contribution in [3.05, 3.63) is 11.6 Å². The fourth-order valence-corrected chi connectivity index (χ4v) is 5.02. The number of hydrogen-bond donors (Lipinski definition) is 2. The van der Waals surface area contributed by atoms with Crippen LogP contribution in [0.3, 0.4) is 0 Å². The lowest BCUT2D eigenvalue weighted by Gasteiger charge is -2.55. The summed E-state index contributed by atoms with van der Waals surface area (Å²) in [6.45, 7) is 11.5. The summed E-state index contributed by atoms with van der Waals surface area (Å²) in [6.07, 6.45) is 0.413. The molecule has 0 amide bonds. The van der Waals surface area contributed by atoms with Crippen molar-refractivity contribution in [1.82, 2.24) is 0 Å². The van der Waals surface area contributed by atoms with Crippen molar-refractivity contribution < 1.29 is 43.6 Å². The Labute approximate surface area is 194 Å². The van der Waals surface area contributed by atoms with Crippen LogP contribution in [0, 0.1) is 11.3 Å². The minimum Gasteiger partial charge on any atom is -0.459 e. The topological polar surface area (TPSA) is 136 Å². The third-order valence-corrected chi connectivity index (χ3v) is 7.00. The molecule has 0 radical (unpaired) electrons. The standard InChI is InChI=1S/C24H36O9/c1-13(31-14(2)25)23(7,30)20(28)32-19-9-10-22(6)12-17(27)16(21(4,5)29)11-18(22)24(19,8)33-15(3)26/h11,13,18-19,29-30H,9-10,12H2,1-8H3/t13-,18-,19+,22+,23+,24+/m0/s1. The number of ether oxygens (including phenoxy) is 3. The fraction of sp³-hybridized carbons (Fsp3) is 0.750. The van der Waals surface area contributed by atoms with E-state index >= 15 is 0 Å². The Balaban J connectivity index is 2.48. The first kappa shape index (κ1) is 27.0. The average Bonchev–Trinajstić information content (AvgIpc) is 2.61. The van der Waals surface area contributed by atoms with Crippen molar-refractivity contribution in [3.63, 3.8) is 0 Å². The van der Waals surface area contributed by atoms with E-state index in [4.69, 9.17) is 14.2 Å². The lowest BCUT2D eigenvalue weighted by Crippen LogP contribution is -2.62. The molecule has 2 aliphatic carbocycles. The van der Waals surface area contributed by atoms with Crippen molar-refractivity contribution in [2.75, 3.05) is 0 Å². The van der Waals surface area contributed by atoms with Crippen LogP contribution < -0.4 is 0 Å². The van der Waals surface area contributed by atoms with Crippen molar-refractivity contribution in [1.29, 1.82) is 0 Å². The number of aliphatic hydroxyl groups is 2. The Kier molecular flexibility index (Phi) is 7.22. The highest BCUT2D eigenvalue weighted by atomic mass is 16.6. The molecule has 0 spiro atoms. The van der Waals surface area contributed by atoms with Gasteiger partial charge in [0.1, 0.15) is 12.2 Å². The SMILES string of the molecule is CC(=O)O[C@@H](C)[C@@](C)(O)C(=O)O[C@@H]1CC[C@]2(C)CC(=O)C(C(C)(C)O)=C[C@@H]2[C@@]1(C)OC(C)=O. The van der Waals surface area contributed by atoms with E-state index in [1.165, 1.54) is 34.6 Å². The zero-order valence-corrected chi connectivity index (χ0v) is 20.7. The molecule has 0 bridgehead atoms. The summed E-state index contributed by atoms with van der Waals surface area (Å²) in [5.74, 6) is -3.01. The molecule has 0 saturated heterocycles. The second kappa shape index (κ2) is 8.83. The van der Waals surface area contributed by atoms with Crippen LogP contribution in [0.4, 0.5) is 0 Å². The van der Waals surface area contributed by atoms with Crippen LogP contribution in [-0.4, -0.2) is 62.9 Å². The summed E-state index contributed by atoms with van der Waals surface area (Å²) in [4.78, 5) is 49.1. The number of carbonyl (C=O) groups excluding carboxylic acids is 4. The van der Waals surface area contributed by atoms with Gasteiger partial charge in [-0.1, -0.05) is 13.0 Å². The number of rotatable bonds is 6. The van der Waals surface area contributed by atoms with Gasteiger partial charge in [-0.2, -0.15) is 0 Å². The van der Waals surface area contributed by atoms with E-state index in [1.54, 1.807) is 13.0 Å². The molecule has 1 fully saturated rings. The van der Waals surface area contributed by atoms with Gasteiger partial charge in [0.05, 0.1) is 5.60 Å². The van der Waals surface area contributed by atoms with Gasteiger partial charge in [-0.15, -0.1) is 0 Å². The second-order valence-corrected chi connectivity index (χ2v) is 10.5. The van der Waals surface area contributed by atoms with Gasteiger partial charge >= 0.3 is 17.9 Å². The van der Waals surface area contributed by atoms with Crippen LogP contribution in [0.1, 0.15) is 74.7 Å². The minimum atomic E-state index is -2.14. The summed E-state index contributed by atoms with van der Waals surface area (Å²) < 4.78 is 16.4. The molecule has 0 aromatic heterocycles. The van der Waals surface area contributed by atoms with Crippen molar-refractivity contribution in [2.45, 2.75) is 104 Å². The van der Waals surface area contributed by atoms with Crippen molar-refractivity contribution in [2.24, 2.45) is 11.3 Å². The van der Waals surface area contributed by atoms with E-state index in [9.17, 15) is 29.4 Å². The van der Waals surface area contributed by atoms with Gasteiger partial charge in [0.15, 0.2) is 17.0 Å². The zero-order valence-electron chi connectivity index (χ0n) is 20.7. The molecule has 0 unspecified atom stereocenters. The lowest BCUT2D eigenvalue weighted by atomic mass is 9.54. The molecule has 0 aliphatic heterocycles. The highest BCUT2D eigenvalue weighted by Gasteiger charge is 2.60. The van der Waals surface area contributed by atoms with E-state index in [0.29, 0.717) is 6.42 Å². The third-order valence-electron chi connectivity index (χ3n) is 7.00. The first-order valence-corrected chi connectivity index (χ1v) is 11.1. The summed E-state index contributed by atoms with van der Waals surface area (Å²) in [6, 6.07) is 0. The van der Waals surface area contributed by atoms with Crippen molar-refractivity contribution in [3.8, 4) is 0 Å². The number of carbonyl (C=O) groups is 4. The molecule has 6 atom stereocenters. The van der Waals surface area contributed by atoms with Crippen LogP contribution in [0.25, 0.3) is 0 Å². The first-order valence-electron chi connectivity index (χ1n) is 11.1. The minimum absolute atomic E-state index is 0.145. The maximum Gasteiger partial charge on any atom is 0.342 e. The Morgan fingerprint density at radius 1 is 1.12 bits per heavy atom. The van der Waals surface area contributed by atoms with Gasteiger partial charge in [0.2, 0.25) is 0 Å². The van der Waals surface area contributed by atoms with Gasteiger partial charge in [-0.05, 0) is 52.9 Å². The Hall–Kier alpha value is -2.26. The second-order valence-electron chi connectivity index (χ2n) is 10.5. The molecular formula is C24H36O9. The number of esters is 3. The monoisotopic (exact) mass is 468 g/mol. The predicted octanol–water partition coefficient (Wildman–Crippen LogP) is 2.01. The van der Waals surface area contributed by atoms with Crippen LogP contribution in [0.2, 0.25) is 0 Å². The van der Waals surface area contributed by atoms with Gasteiger partial charge in [-0.3, -0.25) is 14.4 Å². The average molecular weight is 469 g/mol. The van der Waals surface area contributed by atoms with Gasteiger partial charge in [-0.25, -0.2) is 4.79 Å². The molecule has 0 aromatic rings. The highest BCUT2D eigenvalue weighted by Crippen LogP contribution is 2.55. The molecule has 1 saturated carbocycles. The van der Waals surface area contributed by atoms with Crippen LogP contribution in [0.15, 0.2) is 11.6 Å². The smallest absolute Gasteiger partial charge is 0.342 e. The zero-order chi connectivity index (χ0) is 25.6. The Morgan fingerprint density at radius 3 is 2.18 bits per heavy atom. The Bertz CT molecular complexity index is 866. The van der Waals surface area contributed by atoms with E-state index in [1.807, 2.05) is 6.92 Å². The predicted molar refractivity (Wildman–Crippen MR) is 117 cm³/mol. The normalized spacial score (nSPS) is 32.5. The quantitative estimate of drug-likeness (QED) is 0.443. The molecule has 0 heterocycles. The summed E-state index contributed by atoms with van der Waals surface area (Å²) in [5.41, 5.74) is -5.28. The molecule has 9 heteroatoms. The van der Waals surface area contributed by atoms with Crippen LogP contribution in [-0.2, 0) is 33.4 Å². The van der Waals surface area contributed by atoms with E-state index in [0.717, 1.165) is 6.92 Å². The lowest BCUT2D eigenvalue weighted by molar-refractivity contribution is -0.223. The summed E-state index contributed by atoms with van der Waals surface area (Å²) in [7, 11) is 0. The number of fused-ring (bicyclic) bond motifs is 1. The number of hydrogen-bond acceptors (Lipinski definition) is 9. The number of ketones is 1. The maximum absolute atomic E-state index is 12.9. The van der Waals surface area contributed by atoms with Gasteiger partial charge < -0.3 is 24.4 Å². The summed E-state index contributed by atoms with van der Waals surface area (Å²) in [5, 5.41) is 21.2. The molecule has 0 aromatic carbocycles. The van der Waals surface area contributed by atoms with Crippen LogP contribution in [0.5, 0.6) is 0 Å². The van der Waals surface area contributed by atoms with E-state index in [2.05, 4.69) is 0 Å². The molecule has 2 aliphatic rings. The van der Waals surface area contributed by atoms with E-state index < -0.39 is 58.3 Å². The largest absolute Gasteiger partial charge is 0.459 e. The van der Waals surface area contributed by atoms with Crippen molar-refractivity contribution >= 4 is 23.7 Å². The molecule has 2 rings (SSSR count). The Morgan fingerprint density at radius 2 is 1.70 bits per heavy atom. The van der Waals surface area contributed by atoms with Gasteiger partial charge in [0.25, 0.3) is 0 Å². The van der Waals surface area contributed by atoms with Crippen LogP contribution >= 0.6 is 0 Å². The summed E-state index contributed by atoms with van der Waals surface area (Å²) >= 11 is 0. The van der Waals surface area contributed by atoms with E-state index in [-0.39, 0.29) is 24.2 Å². The van der Waals surface area contributed by atoms with Gasteiger partial charge in [0, 0.05) is 31.8 Å². The molecular weight excluding hydrogens is 432 g/mol. The third kappa shape index (κ3) is 5.30. The molecule has 9 nitrogen and oxygen atoms in total. The molecule has 186 valence electrons. The first-order chi connectivity index (χ1) is 14.8. The molecule has 2 N–H and O–H groups in total. The molecule has 33 heavy (non-hydrogen) atoms.